The van der Waals surface area contributed by atoms with Gasteiger partial charge in [0.15, 0.2) is 0 Å². The lowest BCUT2D eigenvalue weighted by atomic mass is 10.0. The average Bonchev–Trinajstić information content (AvgIpc) is 3.51. The first-order chi connectivity index (χ1) is 15.6. The van der Waals surface area contributed by atoms with Crippen molar-refractivity contribution in [3.8, 4) is 0 Å². The van der Waals surface area contributed by atoms with E-state index in [1.165, 1.54) is 18.4 Å². The summed E-state index contributed by atoms with van der Waals surface area (Å²) in [5.41, 5.74) is 2.13. The first-order valence-electron chi connectivity index (χ1n) is 10.2. The molecule has 4 rings (SSSR count). The Morgan fingerprint density at radius 3 is 2.56 bits per heavy atom. The summed E-state index contributed by atoms with van der Waals surface area (Å²) in [6.07, 6.45) is 1.20. The van der Waals surface area contributed by atoms with E-state index in [0.717, 1.165) is 5.56 Å². The highest BCUT2D eigenvalue weighted by molar-refractivity contribution is 6.04. The Hall–Kier alpha value is -3.94. The number of halogens is 1. The molecule has 2 unspecified atom stereocenters. The zero-order chi connectivity index (χ0) is 22.3. The van der Waals surface area contributed by atoms with Gasteiger partial charge in [0, 0.05) is 12.8 Å². The van der Waals surface area contributed by atoms with Crippen LogP contribution in [0, 0.1) is 5.82 Å². The van der Waals surface area contributed by atoms with Crippen LogP contribution in [0.1, 0.15) is 23.3 Å². The number of hydrogen-bond acceptors (Lipinski definition) is 5. The zero-order valence-corrected chi connectivity index (χ0v) is 17.2. The Kier molecular flexibility index (Phi) is 6.60. The molecule has 0 saturated heterocycles. The van der Waals surface area contributed by atoms with E-state index < -0.39 is 18.1 Å². The van der Waals surface area contributed by atoms with E-state index in [9.17, 15) is 14.0 Å². The van der Waals surface area contributed by atoms with Crippen molar-refractivity contribution in [2.24, 2.45) is 5.16 Å². The standard InChI is InChI=1S/C24H22FN3O4/c25-18-10-8-17(9-11-18)20-14-22(32-28-20)24(30)27-21(13-16-5-2-1-3-6-16)23(29)26-15-19-7-4-12-31-19/h1-12,21-22H,13-15H2,(H,26,29)(H,27,30). The molecule has 0 bridgehead atoms. The number of nitrogens with zero attached hydrogens (tertiary/aromatic N) is 1. The van der Waals surface area contributed by atoms with Gasteiger partial charge in [-0.15, -0.1) is 0 Å². The van der Waals surface area contributed by atoms with Crippen molar-refractivity contribution in [3.05, 3.63) is 95.7 Å². The number of oxime groups is 1. The van der Waals surface area contributed by atoms with Gasteiger partial charge in [0.05, 0.1) is 18.5 Å². The lowest BCUT2D eigenvalue weighted by molar-refractivity contribution is -0.135. The maximum atomic E-state index is 13.2. The fourth-order valence-electron chi connectivity index (χ4n) is 3.37. The largest absolute Gasteiger partial charge is 0.467 e. The topological polar surface area (TPSA) is 92.9 Å². The summed E-state index contributed by atoms with van der Waals surface area (Å²) in [6.45, 7) is 0.213. The smallest absolute Gasteiger partial charge is 0.265 e. The second kappa shape index (κ2) is 9.91. The second-order valence-electron chi connectivity index (χ2n) is 7.39. The lowest BCUT2D eigenvalue weighted by Gasteiger charge is -2.20. The van der Waals surface area contributed by atoms with Gasteiger partial charge in [-0.2, -0.15) is 0 Å². The third-order valence-corrected chi connectivity index (χ3v) is 5.07. The fraction of sp³-hybridized carbons (Fsp3) is 0.208. The van der Waals surface area contributed by atoms with E-state index in [4.69, 9.17) is 9.25 Å². The average molecular weight is 435 g/mol. The summed E-state index contributed by atoms with van der Waals surface area (Å²) in [5, 5.41) is 9.53. The number of furan rings is 1. The molecule has 0 saturated carbocycles. The van der Waals surface area contributed by atoms with E-state index in [1.807, 2.05) is 30.3 Å². The Bertz CT molecular complexity index is 1080. The summed E-state index contributed by atoms with van der Waals surface area (Å²) >= 11 is 0. The van der Waals surface area contributed by atoms with Crippen molar-refractivity contribution in [1.29, 1.82) is 0 Å². The lowest BCUT2D eigenvalue weighted by Crippen LogP contribution is -2.50. The molecule has 2 aromatic carbocycles. The minimum atomic E-state index is -0.869. The van der Waals surface area contributed by atoms with Gasteiger partial charge in [-0.25, -0.2) is 4.39 Å². The number of amides is 2. The maximum Gasteiger partial charge on any atom is 0.265 e. The summed E-state index contributed by atoms with van der Waals surface area (Å²) in [5.74, 6) is -0.525. The van der Waals surface area contributed by atoms with Crippen LogP contribution in [0.15, 0.2) is 82.6 Å². The molecule has 1 aromatic heterocycles. The summed E-state index contributed by atoms with van der Waals surface area (Å²) in [7, 11) is 0. The van der Waals surface area contributed by atoms with Crippen LogP contribution in [-0.2, 0) is 27.4 Å². The predicted molar refractivity (Wildman–Crippen MR) is 115 cm³/mol. The first kappa shape index (κ1) is 21.3. The molecule has 2 N–H and O–H groups in total. The highest BCUT2D eigenvalue weighted by Gasteiger charge is 2.32. The van der Waals surface area contributed by atoms with Crippen molar-refractivity contribution in [1.82, 2.24) is 10.6 Å². The van der Waals surface area contributed by atoms with Crippen LogP contribution in [0.25, 0.3) is 0 Å². The third kappa shape index (κ3) is 5.40. The molecule has 0 aliphatic carbocycles. The number of carbonyl (C=O) groups is 2. The van der Waals surface area contributed by atoms with Gasteiger partial charge >= 0.3 is 0 Å². The molecule has 32 heavy (non-hydrogen) atoms. The van der Waals surface area contributed by atoms with Gasteiger partial charge in [0.25, 0.3) is 5.91 Å². The molecule has 2 amide bonds. The Morgan fingerprint density at radius 1 is 1.06 bits per heavy atom. The Labute approximate surface area is 184 Å². The van der Waals surface area contributed by atoms with Crippen LogP contribution in [0.5, 0.6) is 0 Å². The molecule has 1 aliphatic rings. The number of hydrogen-bond donors (Lipinski definition) is 2. The van der Waals surface area contributed by atoms with Crippen LogP contribution < -0.4 is 10.6 Å². The number of carbonyl (C=O) groups excluding carboxylic acids is 2. The van der Waals surface area contributed by atoms with Crippen LogP contribution in [0.2, 0.25) is 0 Å². The minimum absolute atomic E-state index is 0.213. The van der Waals surface area contributed by atoms with Crippen LogP contribution in [-0.4, -0.2) is 29.7 Å². The van der Waals surface area contributed by atoms with Crippen LogP contribution in [0.4, 0.5) is 4.39 Å². The van der Waals surface area contributed by atoms with Crippen molar-refractivity contribution in [2.45, 2.75) is 31.5 Å². The van der Waals surface area contributed by atoms with Crippen molar-refractivity contribution >= 4 is 17.5 Å². The molecular weight excluding hydrogens is 413 g/mol. The molecule has 2 heterocycles. The van der Waals surface area contributed by atoms with Crippen LogP contribution >= 0.6 is 0 Å². The summed E-state index contributed by atoms with van der Waals surface area (Å²) in [6, 6.07) is 17.9. The second-order valence-corrected chi connectivity index (χ2v) is 7.39. The molecule has 164 valence electrons. The van der Waals surface area contributed by atoms with Crippen LogP contribution in [0.3, 0.4) is 0 Å². The normalized spacial score (nSPS) is 16.0. The van der Waals surface area contributed by atoms with Gasteiger partial charge in [0.1, 0.15) is 17.6 Å². The van der Waals surface area contributed by atoms with E-state index in [2.05, 4.69) is 15.8 Å². The number of rotatable bonds is 8. The van der Waals surface area contributed by atoms with Crippen molar-refractivity contribution in [3.63, 3.8) is 0 Å². The van der Waals surface area contributed by atoms with Gasteiger partial charge in [0.2, 0.25) is 12.0 Å². The van der Waals surface area contributed by atoms with Crippen molar-refractivity contribution < 1.29 is 23.2 Å². The Balaban J connectivity index is 1.40. The van der Waals surface area contributed by atoms with Gasteiger partial charge < -0.3 is 19.9 Å². The molecule has 2 atom stereocenters. The SMILES string of the molecule is O=C(NCc1ccco1)C(Cc1ccccc1)NC(=O)C1CC(c2ccc(F)cc2)=NO1. The van der Waals surface area contributed by atoms with Crippen molar-refractivity contribution in [2.75, 3.05) is 0 Å². The molecule has 0 spiro atoms. The van der Waals surface area contributed by atoms with E-state index in [1.54, 1.807) is 24.3 Å². The highest BCUT2D eigenvalue weighted by Crippen LogP contribution is 2.18. The monoisotopic (exact) mass is 435 g/mol. The zero-order valence-electron chi connectivity index (χ0n) is 17.2. The Morgan fingerprint density at radius 2 is 1.84 bits per heavy atom. The molecule has 0 radical (unpaired) electrons. The van der Waals surface area contributed by atoms with Gasteiger partial charge in [-0.05, 0) is 35.4 Å². The predicted octanol–water partition coefficient (Wildman–Crippen LogP) is 2.96. The number of nitrogens with one attached hydrogen (secondary N) is 2. The molecule has 1 aliphatic heterocycles. The first-order valence-corrected chi connectivity index (χ1v) is 10.2. The molecule has 0 fully saturated rings. The van der Waals surface area contributed by atoms with Gasteiger partial charge in [-0.3, -0.25) is 9.59 Å². The van der Waals surface area contributed by atoms with E-state index in [-0.39, 0.29) is 24.7 Å². The quantitative estimate of drug-likeness (QED) is 0.569. The number of benzene rings is 2. The van der Waals surface area contributed by atoms with E-state index >= 15 is 0 Å². The molecular formula is C24H22FN3O4. The fourth-order valence-corrected chi connectivity index (χ4v) is 3.37. The summed E-state index contributed by atoms with van der Waals surface area (Å²) < 4.78 is 18.4. The molecule has 7 nitrogen and oxygen atoms in total. The minimum Gasteiger partial charge on any atom is -0.467 e. The molecule has 8 heteroatoms. The van der Waals surface area contributed by atoms with Gasteiger partial charge in [-0.1, -0.05) is 47.6 Å². The molecule has 3 aromatic rings. The third-order valence-electron chi connectivity index (χ3n) is 5.07. The highest BCUT2D eigenvalue weighted by atomic mass is 19.1. The van der Waals surface area contributed by atoms with E-state index in [0.29, 0.717) is 23.5 Å². The maximum absolute atomic E-state index is 13.2. The summed E-state index contributed by atoms with van der Waals surface area (Å²) in [4.78, 5) is 31.0.